The normalized spacial score (nSPS) is 10.3. The Labute approximate surface area is 121 Å². The summed E-state index contributed by atoms with van der Waals surface area (Å²) < 4.78 is 10.4. The molecule has 4 rings (SSSR count). The van der Waals surface area contributed by atoms with Gasteiger partial charge < -0.3 is 8.83 Å². The molecule has 3 nitrogen and oxygen atoms in total. The van der Waals surface area contributed by atoms with Crippen LogP contribution in [0.5, 0.6) is 0 Å². The number of furan rings is 2. The molecule has 2 aromatic carbocycles. The highest BCUT2D eigenvalue weighted by molar-refractivity contribution is 5.95. The smallest absolute Gasteiger partial charge is 0.194 e. The molecule has 0 saturated carbocycles. The van der Waals surface area contributed by atoms with E-state index in [0.717, 1.165) is 21.9 Å². The summed E-state index contributed by atoms with van der Waals surface area (Å²) in [5.74, 6) is 0.391. The van der Waals surface area contributed by atoms with E-state index in [2.05, 4.69) is 0 Å². The molecule has 0 atom stereocenters. The first kappa shape index (κ1) is 13.2. The Morgan fingerprint density at radius 1 is 0.857 bits per heavy atom. The van der Waals surface area contributed by atoms with Gasteiger partial charge in [-0.3, -0.25) is 4.79 Å². The first-order chi connectivity index (χ1) is 10.2. The molecule has 0 unspecified atom stereocenters. The lowest BCUT2D eigenvalue weighted by Crippen LogP contribution is -1.85. The highest BCUT2D eigenvalue weighted by atomic mass is 16.3. The van der Waals surface area contributed by atoms with Crippen LogP contribution in [0, 0.1) is 0 Å². The summed E-state index contributed by atoms with van der Waals surface area (Å²) in [6.07, 6.45) is 1.70. The van der Waals surface area contributed by atoms with Crippen LogP contribution in [0.4, 0.5) is 0 Å². The third kappa shape index (κ3) is 2.87. The van der Waals surface area contributed by atoms with Crippen LogP contribution in [0.2, 0.25) is 0 Å². The van der Waals surface area contributed by atoms with Crippen molar-refractivity contribution in [2.45, 2.75) is 6.92 Å². The number of ketones is 1. The minimum absolute atomic E-state index is 0.0359. The summed E-state index contributed by atoms with van der Waals surface area (Å²) in [6.45, 7) is 1.50. The van der Waals surface area contributed by atoms with Crippen molar-refractivity contribution in [2.75, 3.05) is 0 Å². The molecule has 0 bridgehead atoms. The van der Waals surface area contributed by atoms with Crippen LogP contribution in [0.15, 0.2) is 75.8 Å². The molecule has 0 aliphatic carbocycles. The molecule has 2 aromatic heterocycles. The number of hydrogen-bond donors (Lipinski definition) is 0. The lowest BCUT2D eigenvalue weighted by Gasteiger charge is -1.83. The molecule has 2 heterocycles. The van der Waals surface area contributed by atoms with Gasteiger partial charge in [-0.2, -0.15) is 0 Å². The first-order valence-corrected chi connectivity index (χ1v) is 6.66. The Bertz CT molecular complexity index is 820. The summed E-state index contributed by atoms with van der Waals surface area (Å²) in [5.41, 5.74) is 1.72. The zero-order valence-electron chi connectivity index (χ0n) is 11.6. The summed E-state index contributed by atoms with van der Waals surface area (Å²) in [7, 11) is 0. The van der Waals surface area contributed by atoms with Gasteiger partial charge in [0.1, 0.15) is 11.2 Å². The Kier molecular flexibility index (Phi) is 3.56. The molecule has 21 heavy (non-hydrogen) atoms. The molecule has 0 spiro atoms. The standard InChI is InChI=1S/C10H8O2.C8H6O/c1-7(11)10-6-8-4-2-3-5-9(8)12-10;1-2-4-8-7(3-1)5-6-9-8/h2-6H,1H3;1-6H. The fourth-order valence-electron chi connectivity index (χ4n) is 2.06. The summed E-state index contributed by atoms with van der Waals surface area (Å²) >= 11 is 0. The van der Waals surface area contributed by atoms with E-state index in [1.165, 1.54) is 6.92 Å². The second-order valence-electron chi connectivity index (χ2n) is 4.66. The number of fused-ring (bicyclic) bond motifs is 2. The molecule has 0 aliphatic rings. The number of carbonyl (C=O) groups is 1. The second-order valence-corrected chi connectivity index (χ2v) is 4.66. The first-order valence-electron chi connectivity index (χ1n) is 6.66. The third-order valence-corrected chi connectivity index (χ3v) is 3.13. The molecule has 0 saturated heterocycles. The van der Waals surface area contributed by atoms with Gasteiger partial charge in [0.15, 0.2) is 11.5 Å². The predicted molar refractivity (Wildman–Crippen MR) is 82.4 cm³/mol. The lowest BCUT2D eigenvalue weighted by atomic mass is 10.2. The van der Waals surface area contributed by atoms with Gasteiger partial charge in [0.25, 0.3) is 0 Å². The van der Waals surface area contributed by atoms with Crippen molar-refractivity contribution in [1.29, 1.82) is 0 Å². The van der Waals surface area contributed by atoms with Gasteiger partial charge in [-0.1, -0.05) is 36.4 Å². The minimum Gasteiger partial charge on any atom is -0.464 e. The quantitative estimate of drug-likeness (QED) is 0.457. The molecular formula is C18H14O3. The van der Waals surface area contributed by atoms with Crippen molar-refractivity contribution in [2.24, 2.45) is 0 Å². The average Bonchev–Trinajstić information content (AvgIpc) is 3.14. The van der Waals surface area contributed by atoms with E-state index < -0.39 is 0 Å². The Morgan fingerprint density at radius 2 is 1.52 bits per heavy atom. The van der Waals surface area contributed by atoms with Crippen LogP contribution >= 0.6 is 0 Å². The molecule has 4 aromatic rings. The van der Waals surface area contributed by atoms with Gasteiger partial charge in [-0.15, -0.1) is 0 Å². The van der Waals surface area contributed by atoms with Gasteiger partial charge in [-0.25, -0.2) is 0 Å². The zero-order valence-corrected chi connectivity index (χ0v) is 11.6. The monoisotopic (exact) mass is 278 g/mol. The van der Waals surface area contributed by atoms with Crippen molar-refractivity contribution in [3.63, 3.8) is 0 Å². The highest BCUT2D eigenvalue weighted by Gasteiger charge is 2.05. The van der Waals surface area contributed by atoms with E-state index in [4.69, 9.17) is 8.83 Å². The fraction of sp³-hybridized carbons (Fsp3) is 0.0556. The number of Topliss-reactive ketones (excluding diaryl/α,β-unsaturated/α-hetero) is 1. The SMILES string of the molecule is CC(=O)c1cc2ccccc2o1.c1ccc2occc2c1. The molecule has 0 aliphatic heterocycles. The Morgan fingerprint density at radius 3 is 2.19 bits per heavy atom. The summed E-state index contributed by atoms with van der Waals surface area (Å²) in [4.78, 5) is 10.9. The van der Waals surface area contributed by atoms with E-state index in [1.807, 2.05) is 54.6 Å². The van der Waals surface area contributed by atoms with Gasteiger partial charge in [0, 0.05) is 17.7 Å². The molecule has 0 amide bonds. The van der Waals surface area contributed by atoms with Crippen molar-refractivity contribution in [3.05, 3.63) is 72.7 Å². The van der Waals surface area contributed by atoms with E-state index in [-0.39, 0.29) is 5.78 Å². The summed E-state index contributed by atoms with van der Waals surface area (Å²) in [6, 6.07) is 19.2. The van der Waals surface area contributed by atoms with Gasteiger partial charge in [-0.05, 0) is 24.3 Å². The van der Waals surface area contributed by atoms with Crippen molar-refractivity contribution >= 4 is 27.7 Å². The van der Waals surface area contributed by atoms with Gasteiger partial charge >= 0.3 is 0 Å². The number of rotatable bonds is 1. The van der Waals surface area contributed by atoms with Gasteiger partial charge in [0.05, 0.1) is 6.26 Å². The molecule has 0 fully saturated rings. The lowest BCUT2D eigenvalue weighted by molar-refractivity contribution is 0.0989. The zero-order chi connectivity index (χ0) is 14.7. The van der Waals surface area contributed by atoms with Crippen molar-refractivity contribution < 1.29 is 13.6 Å². The Hall–Kier alpha value is -2.81. The molecule has 3 heteroatoms. The van der Waals surface area contributed by atoms with E-state index in [9.17, 15) is 4.79 Å². The second kappa shape index (κ2) is 5.67. The molecule has 0 radical (unpaired) electrons. The number of hydrogen-bond acceptors (Lipinski definition) is 3. The van der Waals surface area contributed by atoms with Gasteiger partial charge in [0.2, 0.25) is 0 Å². The van der Waals surface area contributed by atoms with E-state index in [1.54, 1.807) is 12.3 Å². The molecule has 0 N–H and O–H groups in total. The number of benzene rings is 2. The predicted octanol–water partition coefficient (Wildman–Crippen LogP) is 5.07. The fourth-order valence-corrected chi connectivity index (χ4v) is 2.06. The van der Waals surface area contributed by atoms with Crippen molar-refractivity contribution in [1.82, 2.24) is 0 Å². The van der Waals surface area contributed by atoms with Crippen molar-refractivity contribution in [3.8, 4) is 0 Å². The third-order valence-electron chi connectivity index (χ3n) is 3.13. The van der Waals surface area contributed by atoms with Crippen LogP contribution in [-0.4, -0.2) is 5.78 Å². The topological polar surface area (TPSA) is 43.4 Å². The maximum absolute atomic E-state index is 10.9. The van der Waals surface area contributed by atoms with Crippen LogP contribution in [0.25, 0.3) is 21.9 Å². The van der Waals surface area contributed by atoms with E-state index in [0.29, 0.717) is 5.76 Å². The van der Waals surface area contributed by atoms with Crippen LogP contribution in [-0.2, 0) is 0 Å². The van der Waals surface area contributed by atoms with Crippen LogP contribution < -0.4 is 0 Å². The summed E-state index contributed by atoms with van der Waals surface area (Å²) in [5, 5.41) is 2.14. The maximum Gasteiger partial charge on any atom is 0.194 e. The minimum atomic E-state index is -0.0359. The highest BCUT2D eigenvalue weighted by Crippen LogP contribution is 2.18. The Balaban J connectivity index is 0.000000131. The average molecular weight is 278 g/mol. The van der Waals surface area contributed by atoms with Crippen LogP contribution in [0.1, 0.15) is 17.5 Å². The molecule has 104 valence electrons. The van der Waals surface area contributed by atoms with Crippen LogP contribution in [0.3, 0.4) is 0 Å². The number of carbonyl (C=O) groups excluding carboxylic acids is 1. The van der Waals surface area contributed by atoms with E-state index >= 15 is 0 Å². The number of para-hydroxylation sites is 2. The largest absolute Gasteiger partial charge is 0.464 e. The molecular weight excluding hydrogens is 264 g/mol. The maximum atomic E-state index is 10.9.